The Labute approximate surface area is 110 Å². The molecular formula is C9H17N3O5S. The lowest BCUT2D eigenvalue weighted by molar-refractivity contribution is -0.139. The average Bonchev–Trinajstić information content (AvgIpc) is 2.28. The molecule has 1 atom stereocenters. The van der Waals surface area contributed by atoms with Crippen LogP contribution < -0.4 is 16.0 Å². The van der Waals surface area contributed by atoms with Crippen LogP contribution in [0, 0.1) is 0 Å². The number of aliphatic carboxylic acids is 2. The second-order valence-corrected chi connectivity index (χ2v) is 3.74. The Balaban J connectivity index is 3.56. The number of carbonyl (C=O) groups excluding carboxylic acids is 1. The van der Waals surface area contributed by atoms with E-state index in [1.807, 2.05) is 0 Å². The van der Waals surface area contributed by atoms with Crippen LogP contribution in [0.15, 0.2) is 0 Å². The Kier molecular flexibility index (Phi) is 8.97. The molecular weight excluding hydrogens is 262 g/mol. The van der Waals surface area contributed by atoms with Gasteiger partial charge in [0.05, 0.1) is 13.1 Å². The fourth-order valence-electron chi connectivity index (χ4n) is 1.02. The zero-order chi connectivity index (χ0) is 14.0. The molecule has 0 rings (SSSR count). The third-order valence-corrected chi connectivity index (χ3v) is 2.25. The highest BCUT2D eigenvalue weighted by molar-refractivity contribution is 7.80. The Morgan fingerprint density at radius 2 is 1.78 bits per heavy atom. The molecule has 104 valence electrons. The number of carboxylic acids is 2. The minimum Gasteiger partial charge on any atom is -0.480 e. The largest absolute Gasteiger partial charge is 0.480 e. The second-order valence-electron chi connectivity index (χ2n) is 3.37. The molecule has 0 radical (unpaired) electrons. The van der Waals surface area contributed by atoms with Crippen LogP contribution in [0.1, 0.15) is 0 Å². The van der Waals surface area contributed by atoms with Crippen molar-refractivity contribution in [3.05, 3.63) is 0 Å². The average molecular weight is 279 g/mol. The smallest absolute Gasteiger partial charge is 0.321 e. The van der Waals surface area contributed by atoms with E-state index in [1.54, 1.807) is 0 Å². The number of hydrogen-bond acceptors (Lipinski definition) is 6. The van der Waals surface area contributed by atoms with Gasteiger partial charge in [-0.3, -0.25) is 19.7 Å². The van der Waals surface area contributed by atoms with Crippen LogP contribution in [0.3, 0.4) is 0 Å². The number of nitrogens with one attached hydrogen (secondary N) is 3. The fraction of sp³-hybridized carbons (Fsp3) is 0.667. The van der Waals surface area contributed by atoms with Crippen LogP contribution in [0.5, 0.6) is 0 Å². The summed E-state index contributed by atoms with van der Waals surface area (Å²) in [5.74, 6) is -2.23. The summed E-state index contributed by atoms with van der Waals surface area (Å²) in [6.45, 7) is 0.168. The number of amides is 1. The second kappa shape index (κ2) is 9.68. The van der Waals surface area contributed by atoms with Gasteiger partial charge < -0.3 is 20.8 Å². The van der Waals surface area contributed by atoms with Gasteiger partial charge in [0.2, 0.25) is 5.91 Å². The molecule has 0 spiro atoms. The Morgan fingerprint density at radius 1 is 1.11 bits per heavy atom. The fourth-order valence-corrected chi connectivity index (χ4v) is 1.31. The lowest BCUT2D eigenvalue weighted by Crippen LogP contribution is -2.44. The van der Waals surface area contributed by atoms with E-state index in [1.165, 1.54) is 0 Å². The number of rotatable bonds is 10. The topological polar surface area (TPSA) is 128 Å². The molecule has 0 bridgehead atoms. The van der Waals surface area contributed by atoms with Crippen LogP contribution in [-0.2, 0) is 14.4 Å². The van der Waals surface area contributed by atoms with Crippen molar-refractivity contribution in [3.63, 3.8) is 0 Å². The summed E-state index contributed by atoms with van der Waals surface area (Å²) in [7, 11) is 0. The molecule has 0 heterocycles. The first-order valence-corrected chi connectivity index (χ1v) is 5.87. The van der Waals surface area contributed by atoms with Gasteiger partial charge in [-0.1, -0.05) is 0 Å². The summed E-state index contributed by atoms with van der Waals surface area (Å²) in [4.78, 5) is 31.9. The first-order valence-electron chi connectivity index (χ1n) is 5.23. The molecule has 5 N–H and O–H groups in total. The molecule has 0 saturated carbocycles. The van der Waals surface area contributed by atoms with Crippen molar-refractivity contribution in [2.45, 2.75) is 6.04 Å². The number of thiol groups is 1. The SMILES string of the molecule is O=C(O)CNCC(=O)NCCNC(CS)C(=O)O. The van der Waals surface area contributed by atoms with E-state index in [0.717, 1.165) is 0 Å². The minimum absolute atomic E-state index is 0.0960. The van der Waals surface area contributed by atoms with Gasteiger partial charge in [0.25, 0.3) is 0 Å². The van der Waals surface area contributed by atoms with E-state index in [-0.39, 0.29) is 31.3 Å². The first kappa shape index (κ1) is 16.7. The van der Waals surface area contributed by atoms with Crippen molar-refractivity contribution < 1.29 is 24.6 Å². The molecule has 0 aromatic heterocycles. The molecule has 0 aromatic carbocycles. The van der Waals surface area contributed by atoms with Crippen molar-refractivity contribution in [2.24, 2.45) is 0 Å². The summed E-state index contributed by atoms with van der Waals surface area (Å²) in [6.07, 6.45) is 0. The molecule has 1 amide bonds. The van der Waals surface area contributed by atoms with E-state index < -0.39 is 18.0 Å². The third kappa shape index (κ3) is 8.79. The van der Waals surface area contributed by atoms with Gasteiger partial charge in [-0.25, -0.2) is 0 Å². The summed E-state index contributed by atoms with van der Waals surface area (Å²) in [5.41, 5.74) is 0. The van der Waals surface area contributed by atoms with Crippen LogP contribution in [0.25, 0.3) is 0 Å². The molecule has 1 unspecified atom stereocenters. The maximum absolute atomic E-state index is 11.1. The predicted octanol–water partition coefficient (Wildman–Crippen LogP) is -2.25. The van der Waals surface area contributed by atoms with E-state index in [9.17, 15) is 14.4 Å². The van der Waals surface area contributed by atoms with Gasteiger partial charge >= 0.3 is 11.9 Å². The summed E-state index contributed by atoms with van der Waals surface area (Å²) in [5, 5.41) is 24.6. The highest BCUT2D eigenvalue weighted by Gasteiger charge is 2.13. The third-order valence-electron chi connectivity index (χ3n) is 1.88. The van der Waals surface area contributed by atoms with Crippen LogP contribution in [0.2, 0.25) is 0 Å². The van der Waals surface area contributed by atoms with Gasteiger partial charge in [-0.05, 0) is 0 Å². The summed E-state index contributed by atoms with van der Waals surface area (Å²) in [6, 6.07) is -0.754. The van der Waals surface area contributed by atoms with Crippen LogP contribution in [0.4, 0.5) is 0 Å². The van der Waals surface area contributed by atoms with E-state index in [0.29, 0.717) is 6.54 Å². The normalized spacial score (nSPS) is 11.8. The monoisotopic (exact) mass is 279 g/mol. The molecule has 9 heteroatoms. The predicted molar refractivity (Wildman–Crippen MR) is 66.8 cm³/mol. The van der Waals surface area contributed by atoms with Crippen molar-refractivity contribution >= 4 is 30.5 Å². The molecule has 0 aliphatic heterocycles. The van der Waals surface area contributed by atoms with Crippen molar-refractivity contribution in [1.82, 2.24) is 16.0 Å². The first-order chi connectivity index (χ1) is 8.47. The molecule has 0 aliphatic carbocycles. The van der Waals surface area contributed by atoms with Crippen LogP contribution in [-0.4, -0.2) is 66.0 Å². The lowest BCUT2D eigenvalue weighted by atomic mass is 10.3. The molecule has 0 saturated heterocycles. The molecule has 0 aromatic rings. The van der Waals surface area contributed by atoms with Crippen molar-refractivity contribution in [1.29, 1.82) is 0 Å². The zero-order valence-corrected chi connectivity index (χ0v) is 10.6. The maximum atomic E-state index is 11.1. The summed E-state index contributed by atoms with van der Waals surface area (Å²) < 4.78 is 0. The molecule has 0 aliphatic rings. The van der Waals surface area contributed by atoms with E-state index >= 15 is 0 Å². The quantitative estimate of drug-likeness (QED) is 0.197. The maximum Gasteiger partial charge on any atom is 0.321 e. The van der Waals surface area contributed by atoms with Gasteiger partial charge in [0.15, 0.2) is 0 Å². The van der Waals surface area contributed by atoms with Crippen molar-refractivity contribution in [2.75, 3.05) is 31.9 Å². The van der Waals surface area contributed by atoms with E-state index in [4.69, 9.17) is 10.2 Å². The van der Waals surface area contributed by atoms with Gasteiger partial charge in [-0.2, -0.15) is 12.6 Å². The molecule has 8 nitrogen and oxygen atoms in total. The van der Waals surface area contributed by atoms with Gasteiger partial charge in [-0.15, -0.1) is 0 Å². The van der Waals surface area contributed by atoms with Gasteiger partial charge in [0.1, 0.15) is 6.04 Å². The highest BCUT2D eigenvalue weighted by Crippen LogP contribution is 1.86. The Morgan fingerprint density at radius 3 is 2.28 bits per heavy atom. The standard InChI is InChI=1S/C9H17N3O5S/c13-7(3-10-4-8(14)15)12-2-1-11-6(5-18)9(16)17/h6,10-11,18H,1-5H2,(H,12,13)(H,14,15)(H,16,17). The number of carboxylic acid groups (broad SMARTS) is 2. The van der Waals surface area contributed by atoms with Crippen LogP contribution >= 0.6 is 12.6 Å². The van der Waals surface area contributed by atoms with Gasteiger partial charge in [0, 0.05) is 18.8 Å². The zero-order valence-electron chi connectivity index (χ0n) is 9.68. The van der Waals surface area contributed by atoms with E-state index in [2.05, 4.69) is 28.6 Å². The minimum atomic E-state index is -1.04. The molecule has 18 heavy (non-hydrogen) atoms. The number of hydrogen-bond donors (Lipinski definition) is 6. The number of carbonyl (C=O) groups is 3. The summed E-state index contributed by atoms with van der Waals surface area (Å²) >= 11 is 3.87. The molecule has 0 fully saturated rings. The highest BCUT2D eigenvalue weighted by atomic mass is 32.1. The van der Waals surface area contributed by atoms with Crippen molar-refractivity contribution in [3.8, 4) is 0 Å². The Hall–Kier alpha value is -1.32. The Bertz CT molecular complexity index is 300. The lowest BCUT2D eigenvalue weighted by Gasteiger charge is -2.12.